The Morgan fingerprint density at radius 3 is 2.86 bits per heavy atom. The minimum atomic E-state index is -0.0723. The molecule has 122 valence electrons. The highest BCUT2D eigenvalue weighted by Gasteiger charge is 2.60. The molecule has 1 N–H and O–H groups in total. The monoisotopic (exact) mass is 306 g/mol. The summed E-state index contributed by atoms with van der Waals surface area (Å²) in [7, 11) is 0. The molecule has 22 heavy (non-hydrogen) atoms. The van der Waals surface area contributed by atoms with Gasteiger partial charge in [0.1, 0.15) is 0 Å². The van der Waals surface area contributed by atoms with Crippen molar-refractivity contribution >= 4 is 6.03 Å². The Morgan fingerprint density at radius 2 is 2.18 bits per heavy atom. The number of fused-ring (bicyclic) bond motifs is 1. The van der Waals surface area contributed by atoms with E-state index in [0.717, 1.165) is 32.5 Å². The van der Waals surface area contributed by atoms with Crippen LogP contribution in [0.25, 0.3) is 0 Å². The van der Waals surface area contributed by atoms with Gasteiger partial charge in [-0.3, -0.25) is 0 Å². The van der Waals surface area contributed by atoms with Gasteiger partial charge in [0, 0.05) is 37.1 Å². The van der Waals surface area contributed by atoms with Crippen LogP contribution in [0.1, 0.15) is 33.1 Å². The van der Waals surface area contributed by atoms with Gasteiger partial charge < -0.3 is 19.7 Å². The van der Waals surface area contributed by atoms with E-state index in [0.29, 0.717) is 19.0 Å². The Kier molecular flexibility index (Phi) is 4.33. The molecule has 3 rings (SSSR count). The number of nitrogens with one attached hydrogen (secondary N) is 1. The molecule has 0 aromatic rings. The summed E-state index contributed by atoms with van der Waals surface area (Å²) in [5, 5.41) is 3.19. The lowest BCUT2D eigenvalue weighted by molar-refractivity contribution is -0.109. The average molecular weight is 306 g/mol. The van der Waals surface area contributed by atoms with Gasteiger partial charge >= 0.3 is 6.03 Å². The average Bonchev–Trinajstić information content (AvgIpc) is 3.14. The second-order valence-electron chi connectivity index (χ2n) is 7.21. The van der Waals surface area contributed by atoms with Crippen molar-refractivity contribution in [3.8, 4) is 12.3 Å². The Labute approximate surface area is 132 Å². The van der Waals surface area contributed by atoms with Gasteiger partial charge in [0.2, 0.25) is 0 Å². The van der Waals surface area contributed by atoms with Gasteiger partial charge in [-0.1, -0.05) is 19.8 Å². The number of hydrogen-bond acceptors (Lipinski definition) is 3. The Balaban J connectivity index is 1.60. The van der Waals surface area contributed by atoms with Gasteiger partial charge in [-0.05, 0) is 19.3 Å². The number of terminal acetylenes is 1. The maximum Gasteiger partial charge on any atom is 0.318 e. The minimum Gasteiger partial charge on any atom is -0.377 e. The number of hydrogen-bond donors (Lipinski definition) is 1. The molecule has 2 aliphatic heterocycles. The maximum atomic E-state index is 12.6. The van der Waals surface area contributed by atoms with Crippen molar-refractivity contribution in [1.29, 1.82) is 0 Å². The third-order valence-corrected chi connectivity index (χ3v) is 5.40. The Morgan fingerprint density at radius 1 is 1.36 bits per heavy atom. The quantitative estimate of drug-likeness (QED) is 0.803. The zero-order chi connectivity index (χ0) is 15.7. The molecule has 2 amide bonds. The molecule has 0 radical (unpaired) electrons. The number of ether oxygens (including phenoxy) is 2. The first-order valence-corrected chi connectivity index (χ1v) is 8.26. The number of carbonyl (C=O) groups excluding carboxylic acids is 1. The molecule has 0 aromatic carbocycles. The molecule has 1 aliphatic carbocycles. The van der Waals surface area contributed by atoms with Crippen LogP contribution in [-0.4, -0.2) is 55.5 Å². The number of nitrogens with zero attached hydrogens (tertiary/aromatic N) is 1. The predicted octanol–water partition coefficient (Wildman–Crippen LogP) is 1.62. The molecule has 0 bridgehead atoms. The summed E-state index contributed by atoms with van der Waals surface area (Å²) >= 11 is 0. The lowest BCUT2D eigenvalue weighted by atomic mass is 9.57. The third kappa shape index (κ3) is 2.70. The van der Waals surface area contributed by atoms with Crippen LogP contribution < -0.4 is 5.32 Å². The normalized spacial score (nSPS) is 35.3. The first-order chi connectivity index (χ1) is 10.5. The molecule has 5 heteroatoms. The van der Waals surface area contributed by atoms with Crippen molar-refractivity contribution in [3.63, 3.8) is 0 Å². The number of amides is 2. The van der Waals surface area contributed by atoms with Gasteiger partial charge in [-0.2, -0.15) is 0 Å². The molecule has 0 aromatic heterocycles. The summed E-state index contributed by atoms with van der Waals surface area (Å²) in [6, 6.07) is 0.0918. The fraction of sp³-hybridized carbons (Fsp3) is 0.824. The van der Waals surface area contributed by atoms with Crippen LogP contribution in [0, 0.1) is 23.7 Å². The van der Waals surface area contributed by atoms with Gasteiger partial charge in [0.25, 0.3) is 0 Å². The van der Waals surface area contributed by atoms with Crippen molar-refractivity contribution in [2.24, 2.45) is 11.3 Å². The van der Waals surface area contributed by atoms with Crippen molar-refractivity contribution in [1.82, 2.24) is 10.2 Å². The van der Waals surface area contributed by atoms with Crippen LogP contribution in [0.3, 0.4) is 0 Å². The van der Waals surface area contributed by atoms with E-state index in [1.165, 1.54) is 0 Å². The van der Waals surface area contributed by atoms with Crippen LogP contribution in [0.15, 0.2) is 0 Å². The van der Waals surface area contributed by atoms with E-state index in [4.69, 9.17) is 15.9 Å². The highest BCUT2D eigenvalue weighted by Crippen LogP contribution is 2.52. The van der Waals surface area contributed by atoms with Crippen molar-refractivity contribution in [2.45, 2.75) is 51.4 Å². The molecule has 3 aliphatic rings. The standard InChI is InChI=1S/C17H26N2O3/c1-4-8-19(11-12-6-5-9-21-12)16(20)18-14-13-7-10-22-15(13)17(14,2)3/h1,12-15H,5-11H2,2-3H3,(H,18,20)/t12-,13+,14+,15-/m0/s1. The van der Waals surface area contributed by atoms with E-state index >= 15 is 0 Å². The number of urea groups is 1. The smallest absolute Gasteiger partial charge is 0.318 e. The summed E-state index contributed by atoms with van der Waals surface area (Å²) in [6.07, 6.45) is 8.91. The first kappa shape index (κ1) is 15.6. The summed E-state index contributed by atoms with van der Waals surface area (Å²) < 4.78 is 11.4. The second kappa shape index (κ2) is 6.10. The second-order valence-corrected chi connectivity index (χ2v) is 7.21. The first-order valence-electron chi connectivity index (χ1n) is 8.26. The molecule has 0 spiro atoms. The lowest BCUT2D eigenvalue weighted by Gasteiger charge is -2.54. The van der Waals surface area contributed by atoms with E-state index in [1.807, 2.05) is 0 Å². The van der Waals surface area contributed by atoms with E-state index in [9.17, 15) is 4.79 Å². The fourth-order valence-electron chi connectivity index (χ4n) is 4.21. The fourth-order valence-corrected chi connectivity index (χ4v) is 4.21. The van der Waals surface area contributed by atoms with Gasteiger partial charge in [-0.25, -0.2) is 4.79 Å². The molecule has 3 fully saturated rings. The zero-order valence-electron chi connectivity index (χ0n) is 13.5. The summed E-state index contributed by atoms with van der Waals surface area (Å²) in [5.74, 6) is 3.02. The van der Waals surface area contributed by atoms with E-state index in [-0.39, 0.29) is 29.7 Å². The van der Waals surface area contributed by atoms with Gasteiger partial charge in [0.05, 0.1) is 18.8 Å². The van der Waals surface area contributed by atoms with E-state index in [1.54, 1.807) is 4.90 Å². The predicted molar refractivity (Wildman–Crippen MR) is 83.3 cm³/mol. The van der Waals surface area contributed by atoms with Crippen LogP contribution in [0.5, 0.6) is 0 Å². The maximum absolute atomic E-state index is 12.6. The Hall–Kier alpha value is -1.25. The highest BCUT2D eigenvalue weighted by atomic mass is 16.5. The Bertz CT molecular complexity index is 465. The van der Waals surface area contributed by atoms with E-state index in [2.05, 4.69) is 25.1 Å². The minimum absolute atomic E-state index is 0.0114. The zero-order valence-corrected chi connectivity index (χ0v) is 13.5. The molecule has 0 unspecified atom stereocenters. The molecular weight excluding hydrogens is 280 g/mol. The van der Waals surface area contributed by atoms with Crippen molar-refractivity contribution in [3.05, 3.63) is 0 Å². The summed E-state index contributed by atoms with van der Waals surface area (Å²) in [5.41, 5.74) is -0.0114. The molecule has 1 saturated carbocycles. The SMILES string of the molecule is C#CCN(C[C@@H]1CCCO1)C(=O)N[C@@H]1[C@H]2CCO[C@@H]2C1(C)C. The highest BCUT2D eigenvalue weighted by molar-refractivity contribution is 5.75. The lowest BCUT2D eigenvalue weighted by Crippen LogP contribution is -2.68. The van der Waals surface area contributed by atoms with Crippen LogP contribution in [-0.2, 0) is 9.47 Å². The topological polar surface area (TPSA) is 50.8 Å². The molecule has 2 heterocycles. The summed E-state index contributed by atoms with van der Waals surface area (Å²) in [4.78, 5) is 14.3. The van der Waals surface area contributed by atoms with Crippen molar-refractivity contribution < 1.29 is 14.3 Å². The van der Waals surface area contributed by atoms with Crippen LogP contribution in [0.2, 0.25) is 0 Å². The number of carbonyl (C=O) groups is 1. The molecule has 2 saturated heterocycles. The summed E-state index contributed by atoms with van der Waals surface area (Å²) in [6.45, 7) is 6.81. The van der Waals surface area contributed by atoms with Gasteiger partial charge in [-0.15, -0.1) is 6.42 Å². The van der Waals surface area contributed by atoms with Crippen molar-refractivity contribution in [2.75, 3.05) is 26.3 Å². The van der Waals surface area contributed by atoms with E-state index < -0.39 is 0 Å². The molecule has 4 atom stereocenters. The molecule has 5 nitrogen and oxygen atoms in total. The number of rotatable bonds is 4. The third-order valence-electron chi connectivity index (χ3n) is 5.40. The molecular formula is C17H26N2O3. The van der Waals surface area contributed by atoms with Gasteiger partial charge in [0.15, 0.2) is 0 Å². The van der Waals surface area contributed by atoms with Crippen LogP contribution in [0.4, 0.5) is 4.79 Å². The van der Waals surface area contributed by atoms with Crippen LogP contribution >= 0.6 is 0 Å². The largest absolute Gasteiger partial charge is 0.377 e.